The first-order valence-electron chi connectivity index (χ1n) is 4.93. The molecule has 18 heavy (non-hydrogen) atoms. The number of rotatable bonds is 3. The van der Waals surface area contributed by atoms with Crippen LogP contribution in [0, 0.1) is 12.7 Å². The van der Waals surface area contributed by atoms with E-state index in [-0.39, 0.29) is 14.9 Å². The van der Waals surface area contributed by atoms with Gasteiger partial charge >= 0.3 is 0 Å². The van der Waals surface area contributed by atoms with Gasteiger partial charge in [0.2, 0.25) is 0 Å². The summed E-state index contributed by atoms with van der Waals surface area (Å²) in [5, 5.41) is -0.127. The van der Waals surface area contributed by atoms with Crippen molar-refractivity contribution in [2.45, 2.75) is 11.1 Å². The molecule has 3 nitrogen and oxygen atoms in total. The Morgan fingerprint density at radius 3 is 2.61 bits per heavy atom. The van der Waals surface area contributed by atoms with Gasteiger partial charge in [0.15, 0.2) is 5.82 Å². The summed E-state index contributed by atoms with van der Waals surface area (Å²) in [7, 11) is -3.76. The smallest absolute Gasteiger partial charge is 0.271 e. The summed E-state index contributed by atoms with van der Waals surface area (Å²) in [4.78, 5) is 0.863. The molecule has 1 heterocycles. The van der Waals surface area contributed by atoms with Gasteiger partial charge in [-0.3, -0.25) is 4.72 Å². The first-order valence-corrected chi connectivity index (χ1v) is 7.61. The molecule has 1 aromatic heterocycles. The van der Waals surface area contributed by atoms with E-state index in [2.05, 4.69) is 4.72 Å². The number of anilines is 1. The molecular formula is C11H9ClFNO2S2. The Morgan fingerprint density at radius 1 is 1.28 bits per heavy atom. The van der Waals surface area contributed by atoms with Crippen LogP contribution < -0.4 is 4.72 Å². The van der Waals surface area contributed by atoms with Gasteiger partial charge in [-0.25, -0.2) is 12.8 Å². The number of thiophene rings is 1. The molecule has 96 valence electrons. The maximum Gasteiger partial charge on any atom is 0.271 e. The Balaban J connectivity index is 2.37. The second-order valence-electron chi connectivity index (χ2n) is 3.57. The van der Waals surface area contributed by atoms with E-state index in [4.69, 9.17) is 11.6 Å². The molecule has 0 atom stereocenters. The molecule has 0 aliphatic rings. The predicted octanol–water partition coefficient (Wildman–Crippen LogP) is 3.65. The van der Waals surface area contributed by atoms with Crippen molar-refractivity contribution in [3.63, 3.8) is 0 Å². The molecule has 0 spiro atoms. The van der Waals surface area contributed by atoms with Crippen LogP contribution in [0.3, 0.4) is 0 Å². The Kier molecular flexibility index (Phi) is 3.61. The summed E-state index contributed by atoms with van der Waals surface area (Å²) in [5.74, 6) is -0.781. The van der Waals surface area contributed by atoms with Crippen molar-refractivity contribution in [3.05, 3.63) is 46.0 Å². The third-order valence-corrected chi connectivity index (χ3v) is 5.33. The zero-order chi connectivity index (χ0) is 13.3. The van der Waals surface area contributed by atoms with Crippen LogP contribution in [0.2, 0.25) is 5.02 Å². The van der Waals surface area contributed by atoms with E-state index in [0.717, 1.165) is 16.2 Å². The Hall–Kier alpha value is -1.11. The number of sulfonamides is 1. The molecule has 1 N–H and O–H groups in total. The average Bonchev–Trinajstić information content (AvgIpc) is 2.72. The lowest BCUT2D eigenvalue weighted by atomic mass is 10.3. The largest absolute Gasteiger partial charge is 0.276 e. The zero-order valence-corrected chi connectivity index (χ0v) is 11.7. The molecule has 0 saturated carbocycles. The van der Waals surface area contributed by atoms with Crippen LogP contribution in [0.4, 0.5) is 10.1 Å². The second kappa shape index (κ2) is 4.87. The molecule has 0 saturated heterocycles. The van der Waals surface area contributed by atoms with Crippen LogP contribution >= 0.6 is 22.9 Å². The number of hydrogen-bond donors (Lipinski definition) is 1. The number of halogens is 2. The molecule has 2 rings (SSSR count). The fourth-order valence-corrected chi connectivity index (χ4v) is 3.85. The van der Waals surface area contributed by atoms with Crippen molar-refractivity contribution in [2.24, 2.45) is 0 Å². The van der Waals surface area contributed by atoms with Gasteiger partial charge in [-0.15, -0.1) is 11.3 Å². The molecule has 0 amide bonds. The van der Waals surface area contributed by atoms with Crippen molar-refractivity contribution in [2.75, 3.05) is 4.72 Å². The van der Waals surface area contributed by atoms with Crippen molar-refractivity contribution < 1.29 is 12.8 Å². The van der Waals surface area contributed by atoms with Gasteiger partial charge in [0.05, 0.1) is 10.7 Å². The van der Waals surface area contributed by atoms with Crippen molar-refractivity contribution in [1.29, 1.82) is 0 Å². The van der Waals surface area contributed by atoms with Crippen LogP contribution in [-0.2, 0) is 10.0 Å². The molecule has 0 unspecified atom stereocenters. The SMILES string of the molecule is Cc1ccc(S(=O)(=O)Nc2cccc(Cl)c2F)s1. The van der Waals surface area contributed by atoms with E-state index in [9.17, 15) is 12.8 Å². The van der Waals surface area contributed by atoms with Crippen LogP contribution in [0.1, 0.15) is 4.88 Å². The molecule has 0 aliphatic carbocycles. The van der Waals surface area contributed by atoms with E-state index in [1.165, 1.54) is 24.3 Å². The maximum absolute atomic E-state index is 13.6. The second-order valence-corrected chi connectivity index (χ2v) is 7.18. The molecule has 1 aromatic carbocycles. The molecular weight excluding hydrogens is 297 g/mol. The van der Waals surface area contributed by atoms with E-state index < -0.39 is 15.8 Å². The summed E-state index contributed by atoms with van der Waals surface area (Å²) in [6.07, 6.45) is 0. The number of nitrogens with one attached hydrogen (secondary N) is 1. The Morgan fingerprint density at radius 2 is 2.00 bits per heavy atom. The lowest BCUT2D eigenvalue weighted by Crippen LogP contribution is -2.12. The summed E-state index contributed by atoms with van der Waals surface area (Å²) in [6.45, 7) is 1.80. The van der Waals surface area contributed by atoms with Crippen LogP contribution in [-0.4, -0.2) is 8.42 Å². The summed E-state index contributed by atoms with van der Waals surface area (Å²) >= 11 is 6.70. The Bertz CT molecular complexity index is 682. The molecule has 0 bridgehead atoms. The van der Waals surface area contributed by atoms with E-state index in [1.807, 2.05) is 0 Å². The lowest BCUT2D eigenvalue weighted by molar-refractivity contribution is 0.600. The molecule has 2 aromatic rings. The third-order valence-electron chi connectivity index (χ3n) is 2.18. The van der Waals surface area contributed by atoms with Gasteiger partial charge in [0.1, 0.15) is 4.21 Å². The first kappa shape index (κ1) is 13.3. The topological polar surface area (TPSA) is 46.2 Å². The van der Waals surface area contributed by atoms with Gasteiger partial charge in [-0.2, -0.15) is 0 Å². The lowest BCUT2D eigenvalue weighted by Gasteiger charge is -2.07. The average molecular weight is 306 g/mol. The third kappa shape index (κ3) is 2.66. The highest BCUT2D eigenvalue weighted by Gasteiger charge is 2.18. The zero-order valence-electron chi connectivity index (χ0n) is 9.28. The van der Waals surface area contributed by atoms with E-state index >= 15 is 0 Å². The molecule has 7 heteroatoms. The molecule has 0 radical (unpaired) electrons. The summed E-state index contributed by atoms with van der Waals surface area (Å²) in [5.41, 5.74) is -0.159. The monoisotopic (exact) mass is 305 g/mol. The van der Waals surface area contributed by atoms with Gasteiger partial charge in [-0.1, -0.05) is 17.7 Å². The standard InChI is InChI=1S/C11H9ClFNO2S2/c1-7-5-6-10(17-7)18(15,16)14-9-4-2-3-8(12)11(9)13/h2-6,14H,1H3. The van der Waals surface area contributed by atoms with Gasteiger partial charge in [0.25, 0.3) is 10.0 Å². The minimum atomic E-state index is -3.76. The number of benzene rings is 1. The summed E-state index contributed by atoms with van der Waals surface area (Å²) in [6, 6.07) is 7.31. The normalized spacial score (nSPS) is 11.5. The predicted molar refractivity (Wildman–Crippen MR) is 71.3 cm³/mol. The van der Waals surface area contributed by atoms with E-state index in [1.54, 1.807) is 13.0 Å². The van der Waals surface area contributed by atoms with Crippen LogP contribution in [0.5, 0.6) is 0 Å². The van der Waals surface area contributed by atoms with Gasteiger partial charge in [-0.05, 0) is 31.2 Å². The van der Waals surface area contributed by atoms with Crippen LogP contribution in [0.15, 0.2) is 34.5 Å². The minimum absolute atomic E-state index is 0.127. The number of hydrogen-bond acceptors (Lipinski definition) is 3. The highest BCUT2D eigenvalue weighted by Crippen LogP contribution is 2.27. The molecule has 0 fully saturated rings. The van der Waals surface area contributed by atoms with Crippen LogP contribution in [0.25, 0.3) is 0 Å². The van der Waals surface area contributed by atoms with E-state index in [0.29, 0.717) is 0 Å². The minimum Gasteiger partial charge on any atom is -0.276 e. The number of aryl methyl sites for hydroxylation is 1. The fourth-order valence-electron chi connectivity index (χ4n) is 1.33. The van der Waals surface area contributed by atoms with Crippen molar-refractivity contribution in [3.8, 4) is 0 Å². The van der Waals surface area contributed by atoms with Crippen molar-refractivity contribution in [1.82, 2.24) is 0 Å². The Labute approximate surface area is 113 Å². The quantitative estimate of drug-likeness (QED) is 0.941. The first-order chi connectivity index (χ1) is 8.40. The molecule has 0 aliphatic heterocycles. The van der Waals surface area contributed by atoms with Gasteiger partial charge in [0, 0.05) is 4.88 Å². The fraction of sp³-hybridized carbons (Fsp3) is 0.0909. The highest BCUT2D eigenvalue weighted by molar-refractivity contribution is 7.94. The van der Waals surface area contributed by atoms with Gasteiger partial charge < -0.3 is 0 Å². The maximum atomic E-state index is 13.6. The van der Waals surface area contributed by atoms with Crippen molar-refractivity contribution >= 4 is 38.6 Å². The summed E-state index contributed by atoms with van der Waals surface area (Å²) < 4.78 is 39.9. The highest BCUT2D eigenvalue weighted by atomic mass is 35.5.